The fourth-order valence-corrected chi connectivity index (χ4v) is 2.24. The van der Waals surface area contributed by atoms with Crippen LogP contribution in [0.4, 0.5) is 13.2 Å². The third kappa shape index (κ3) is 7.51. The Bertz CT molecular complexity index is 696. The first-order valence-corrected chi connectivity index (χ1v) is 7.80. The molecular weight excluding hydrogens is 458 g/mol. The number of benzene rings is 2. The zero-order valence-corrected chi connectivity index (χ0v) is 16.5. The highest BCUT2D eigenvalue weighted by Gasteiger charge is 2.09. The van der Waals surface area contributed by atoms with Crippen molar-refractivity contribution in [3.63, 3.8) is 0 Å². The molecule has 4 nitrogen and oxygen atoms in total. The standard InChI is InChI=1S/C18H20F3N3O.HI/c1-22-18(23-11-10-13-6-8-15(19)9-7-13)24-12-14-4-2-3-5-16(14)25-17(20)21;/h2-9,17H,10-12H2,1H3,(H2,22,23,24);1H. The van der Waals surface area contributed by atoms with Crippen molar-refractivity contribution < 1.29 is 17.9 Å². The summed E-state index contributed by atoms with van der Waals surface area (Å²) < 4.78 is 42.2. The summed E-state index contributed by atoms with van der Waals surface area (Å²) in [4.78, 5) is 4.08. The summed E-state index contributed by atoms with van der Waals surface area (Å²) in [6.45, 7) is -1.98. The Morgan fingerprint density at radius 2 is 1.77 bits per heavy atom. The molecule has 0 heterocycles. The van der Waals surface area contributed by atoms with Crippen LogP contribution in [-0.4, -0.2) is 26.2 Å². The summed E-state index contributed by atoms with van der Waals surface area (Å²) in [5, 5.41) is 6.17. The minimum atomic E-state index is -2.87. The molecule has 0 amide bonds. The first kappa shape index (κ1) is 22.1. The molecule has 0 aromatic heterocycles. The molecule has 0 aliphatic heterocycles. The molecule has 0 radical (unpaired) electrons. The molecule has 0 aliphatic rings. The molecule has 2 aromatic carbocycles. The van der Waals surface area contributed by atoms with Crippen LogP contribution in [0.2, 0.25) is 0 Å². The van der Waals surface area contributed by atoms with Crippen molar-refractivity contribution in [2.24, 2.45) is 4.99 Å². The van der Waals surface area contributed by atoms with Gasteiger partial charge in [0.15, 0.2) is 5.96 Å². The van der Waals surface area contributed by atoms with Gasteiger partial charge in [-0.3, -0.25) is 4.99 Å². The Kier molecular flexibility index (Phi) is 9.85. The lowest BCUT2D eigenvalue weighted by Gasteiger charge is -2.14. The van der Waals surface area contributed by atoms with Gasteiger partial charge >= 0.3 is 6.61 Å². The highest BCUT2D eigenvalue weighted by atomic mass is 127. The summed E-state index contributed by atoms with van der Waals surface area (Å²) in [5.41, 5.74) is 1.60. The SMILES string of the molecule is CN=C(NCCc1ccc(F)cc1)NCc1ccccc1OC(F)F.I. The van der Waals surface area contributed by atoms with Crippen LogP contribution in [0.25, 0.3) is 0 Å². The number of nitrogens with zero attached hydrogens (tertiary/aromatic N) is 1. The van der Waals surface area contributed by atoms with E-state index in [4.69, 9.17) is 0 Å². The van der Waals surface area contributed by atoms with Crippen LogP contribution in [0, 0.1) is 5.82 Å². The summed E-state index contributed by atoms with van der Waals surface area (Å²) in [6, 6.07) is 12.9. The number of hydrogen-bond acceptors (Lipinski definition) is 2. The Hall–Kier alpha value is -1.97. The first-order chi connectivity index (χ1) is 12.1. The zero-order chi connectivity index (χ0) is 18.1. The van der Waals surface area contributed by atoms with Gasteiger partial charge in [-0.1, -0.05) is 30.3 Å². The highest BCUT2D eigenvalue weighted by Crippen LogP contribution is 2.19. The molecule has 2 N–H and O–H groups in total. The molecule has 142 valence electrons. The van der Waals surface area contributed by atoms with Crippen LogP contribution < -0.4 is 15.4 Å². The summed E-state index contributed by atoms with van der Waals surface area (Å²) in [5.74, 6) is 0.402. The largest absolute Gasteiger partial charge is 0.434 e. The maximum atomic E-state index is 12.9. The first-order valence-electron chi connectivity index (χ1n) is 7.80. The van der Waals surface area contributed by atoms with Gasteiger partial charge in [0, 0.05) is 25.7 Å². The molecule has 0 saturated carbocycles. The Morgan fingerprint density at radius 3 is 2.42 bits per heavy atom. The number of rotatable bonds is 7. The Labute approximate surface area is 167 Å². The molecule has 0 bridgehead atoms. The molecule has 0 aliphatic carbocycles. The molecule has 0 unspecified atom stereocenters. The van der Waals surface area contributed by atoms with E-state index < -0.39 is 6.61 Å². The van der Waals surface area contributed by atoms with E-state index in [1.807, 2.05) is 0 Å². The topological polar surface area (TPSA) is 45.7 Å². The van der Waals surface area contributed by atoms with Crippen LogP contribution in [0.15, 0.2) is 53.5 Å². The van der Waals surface area contributed by atoms with Gasteiger partial charge in [-0.15, -0.1) is 24.0 Å². The van der Waals surface area contributed by atoms with E-state index in [1.165, 1.54) is 18.2 Å². The van der Waals surface area contributed by atoms with Gasteiger partial charge in [-0.2, -0.15) is 8.78 Å². The van der Waals surface area contributed by atoms with Crippen molar-refractivity contribution in [1.82, 2.24) is 10.6 Å². The predicted octanol–water partition coefficient (Wildman–Crippen LogP) is 3.95. The van der Waals surface area contributed by atoms with Crippen LogP contribution in [0.5, 0.6) is 5.75 Å². The smallest absolute Gasteiger partial charge is 0.387 e. The third-order valence-corrected chi connectivity index (χ3v) is 3.48. The fraction of sp³-hybridized carbons (Fsp3) is 0.278. The molecule has 2 rings (SSSR count). The minimum absolute atomic E-state index is 0. The van der Waals surface area contributed by atoms with Gasteiger partial charge in [0.25, 0.3) is 0 Å². The number of alkyl halides is 2. The number of para-hydroxylation sites is 1. The van der Waals surface area contributed by atoms with Crippen LogP contribution >= 0.6 is 24.0 Å². The second-order valence-electron chi connectivity index (χ2n) is 5.22. The van der Waals surface area contributed by atoms with E-state index >= 15 is 0 Å². The second-order valence-corrected chi connectivity index (χ2v) is 5.22. The average molecular weight is 479 g/mol. The highest BCUT2D eigenvalue weighted by molar-refractivity contribution is 14.0. The number of guanidine groups is 1. The minimum Gasteiger partial charge on any atom is -0.434 e. The number of ether oxygens (including phenoxy) is 1. The van der Waals surface area contributed by atoms with E-state index in [0.29, 0.717) is 31.0 Å². The number of nitrogens with one attached hydrogen (secondary N) is 2. The molecule has 26 heavy (non-hydrogen) atoms. The summed E-state index contributed by atoms with van der Waals surface area (Å²) in [7, 11) is 1.62. The Morgan fingerprint density at radius 1 is 1.08 bits per heavy atom. The van der Waals surface area contributed by atoms with Gasteiger partial charge in [-0.05, 0) is 30.2 Å². The molecule has 0 atom stereocenters. The maximum Gasteiger partial charge on any atom is 0.387 e. The number of halogens is 4. The predicted molar refractivity (Wildman–Crippen MR) is 107 cm³/mol. The van der Waals surface area contributed by atoms with Gasteiger partial charge in [0.2, 0.25) is 0 Å². The van der Waals surface area contributed by atoms with Crippen molar-refractivity contribution in [2.75, 3.05) is 13.6 Å². The fourth-order valence-electron chi connectivity index (χ4n) is 2.24. The van der Waals surface area contributed by atoms with Crippen molar-refractivity contribution >= 4 is 29.9 Å². The molecular formula is C18H21F3IN3O. The lowest BCUT2D eigenvalue weighted by molar-refractivity contribution is -0.0504. The van der Waals surface area contributed by atoms with E-state index in [0.717, 1.165) is 5.56 Å². The van der Waals surface area contributed by atoms with Crippen molar-refractivity contribution in [3.05, 3.63) is 65.5 Å². The molecule has 0 saturated heterocycles. The molecule has 0 fully saturated rings. The van der Waals surface area contributed by atoms with E-state index in [-0.39, 0.29) is 35.5 Å². The van der Waals surface area contributed by atoms with Crippen molar-refractivity contribution in [2.45, 2.75) is 19.6 Å². The maximum absolute atomic E-state index is 12.9. The molecule has 2 aromatic rings. The number of hydrogen-bond donors (Lipinski definition) is 2. The van der Waals surface area contributed by atoms with E-state index in [2.05, 4.69) is 20.4 Å². The van der Waals surface area contributed by atoms with Gasteiger partial charge in [-0.25, -0.2) is 4.39 Å². The van der Waals surface area contributed by atoms with E-state index in [9.17, 15) is 13.2 Å². The average Bonchev–Trinajstić information content (AvgIpc) is 2.60. The molecule has 0 spiro atoms. The Balaban J connectivity index is 0.00000338. The third-order valence-electron chi connectivity index (χ3n) is 3.48. The summed E-state index contributed by atoms with van der Waals surface area (Å²) >= 11 is 0. The van der Waals surface area contributed by atoms with E-state index in [1.54, 1.807) is 37.4 Å². The molecule has 8 heteroatoms. The van der Waals surface area contributed by atoms with Crippen molar-refractivity contribution in [3.8, 4) is 5.75 Å². The van der Waals surface area contributed by atoms with Crippen LogP contribution in [-0.2, 0) is 13.0 Å². The normalized spacial score (nSPS) is 11.0. The monoisotopic (exact) mass is 479 g/mol. The van der Waals surface area contributed by atoms with Crippen molar-refractivity contribution in [1.29, 1.82) is 0 Å². The van der Waals surface area contributed by atoms with Gasteiger partial charge < -0.3 is 15.4 Å². The quantitative estimate of drug-likeness (QED) is 0.359. The zero-order valence-electron chi connectivity index (χ0n) is 14.2. The van der Waals surface area contributed by atoms with Gasteiger partial charge in [0.1, 0.15) is 11.6 Å². The second kappa shape index (κ2) is 11.6. The van der Waals surface area contributed by atoms with Crippen LogP contribution in [0.1, 0.15) is 11.1 Å². The lowest BCUT2D eigenvalue weighted by Crippen LogP contribution is -2.37. The van der Waals surface area contributed by atoms with Crippen LogP contribution in [0.3, 0.4) is 0 Å². The number of aliphatic imine (C=N–C) groups is 1. The summed E-state index contributed by atoms with van der Waals surface area (Å²) in [6.07, 6.45) is 0.700. The lowest BCUT2D eigenvalue weighted by atomic mass is 10.1. The van der Waals surface area contributed by atoms with Gasteiger partial charge in [0.05, 0.1) is 0 Å².